The highest BCUT2D eigenvalue weighted by Crippen LogP contribution is 2.26. The minimum absolute atomic E-state index is 0.0852. The lowest BCUT2D eigenvalue weighted by Crippen LogP contribution is -2.40. The predicted octanol–water partition coefficient (Wildman–Crippen LogP) is 4.65. The van der Waals surface area contributed by atoms with Gasteiger partial charge in [-0.25, -0.2) is 12.8 Å². The van der Waals surface area contributed by atoms with Crippen LogP contribution in [0.4, 0.5) is 10.1 Å². The molecule has 0 fully saturated rings. The number of ether oxygens (including phenoxy) is 1. The third-order valence-corrected chi connectivity index (χ3v) is 6.92. The van der Waals surface area contributed by atoms with Crippen molar-refractivity contribution in [3.05, 3.63) is 88.2 Å². The smallest absolute Gasteiger partial charge is 0.264 e. The van der Waals surface area contributed by atoms with E-state index in [2.05, 4.69) is 5.32 Å². The van der Waals surface area contributed by atoms with Crippen molar-refractivity contribution in [2.24, 2.45) is 0 Å². The second kappa shape index (κ2) is 10.2. The van der Waals surface area contributed by atoms with Crippen LogP contribution in [0.5, 0.6) is 5.75 Å². The molecule has 0 aliphatic heterocycles. The minimum Gasteiger partial charge on any atom is -0.497 e. The molecular weight excluding hydrogens is 478 g/mol. The second-order valence-corrected chi connectivity index (χ2v) is 9.38. The topological polar surface area (TPSA) is 75.7 Å². The first-order chi connectivity index (χ1) is 15.2. The minimum atomic E-state index is -4.16. The summed E-state index contributed by atoms with van der Waals surface area (Å²) >= 11 is 12.0. The van der Waals surface area contributed by atoms with Crippen molar-refractivity contribution in [1.29, 1.82) is 0 Å². The Hall–Kier alpha value is -2.81. The summed E-state index contributed by atoms with van der Waals surface area (Å²) in [5.41, 5.74) is 0.872. The molecule has 0 aliphatic rings. The lowest BCUT2D eigenvalue weighted by atomic mass is 10.2. The number of hydrogen-bond donors (Lipinski definition) is 1. The third kappa shape index (κ3) is 5.70. The van der Waals surface area contributed by atoms with E-state index in [0.29, 0.717) is 21.4 Å². The van der Waals surface area contributed by atoms with Gasteiger partial charge in [0.2, 0.25) is 5.91 Å². The molecule has 3 aromatic rings. The van der Waals surface area contributed by atoms with Gasteiger partial charge < -0.3 is 10.1 Å². The van der Waals surface area contributed by atoms with Crippen LogP contribution in [-0.2, 0) is 21.4 Å². The zero-order chi connectivity index (χ0) is 23.3. The van der Waals surface area contributed by atoms with Gasteiger partial charge in [0, 0.05) is 16.6 Å². The molecule has 3 aromatic carbocycles. The summed E-state index contributed by atoms with van der Waals surface area (Å²) < 4.78 is 45.9. The van der Waals surface area contributed by atoms with Gasteiger partial charge in [-0.1, -0.05) is 29.3 Å². The molecule has 0 unspecified atom stereocenters. The van der Waals surface area contributed by atoms with Gasteiger partial charge in [-0.15, -0.1) is 0 Å². The standard InChI is InChI=1S/C22H19Cl2FN2O4S/c1-31-19-8-6-18(7-9-19)27(32(29,30)20-10-4-17(25)5-11-20)14-22(28)26-13-15-2-3-16(23)12-21(15)24/h2-12H,13-14H2,1H3,(H,26,28). The van der Waals surface area contributed by atoms with Crippen molar-refractivity contribution < 1.29 is 22.3 Å². The highest BCUT2D eigenvalue weighted by molar-refractivity contribution is 7.92. The first-order valence-electron chi connectivity index (χ1n) is 9.33. The molecule has 6 nitrogen and oxygen atoms in total. The van der Waals surface area contributed by atoms with Crippen molar-refractivity contribution in [2.45, 2.75) is 11.4 Å². The quantitative estimate of drug-likeness (QED) is 0.492. The molecule has 0 saturated heterocycles. The summed E-state index contributed by atoms with van der Waals surface area (Å²) in [4.78, 5) is 12.5. The number of carbonyl (C=O) groups is 1. The summed E-state index contributed by atoms with van der Waals surface area (Å²) in [6, 6.07) is 15.4. The Balaban J connectivity index is 1.86. The lowest BCUT2D eigenvalue weighted by Gasteiger charge is -2.24. The van der Waals surface area contributed by atoms with E-state index >= 15 is 0 Å². The fraction of sp³-hybridized carbons (Fsp3) is 0.136. The Morgan fingerprint density at radius 2 is 1.69 bits per heavy atom. The summed E-state index contributed by atoms with van der Waals surface area (Å²) in [7, 11) is -2.68. The van der Waals surface area contributed by atoms with Crippen LogP contribution in [0.1, 0.15) is 5.56 Å². The SMILES string of the molecule is COc1ccc(N(CC(=O)NCc2ccc(Cl)cc2Cl)S(=O)(=O)c2ccc(F)cc2)cc1. The molecule has 1 N–H and O–H groups in total. The molecule has 0 atom stereocenters. The Morgan fingerprint density at radius 3 is 2.28 bits per heavy atom. The predicted molar refractivity (Wildman–Crippen MR) is 122 cm³/mol. The average molecular weight is 497 g/mol. The number of halogens is 3. The number of sulfonamides is 1. The molecule has 0 aromatic heterocycles. The molecule has 168 valence electrons. The van der Waals surface area contributed by atoms with Crippen molar-refractivity contribution in [3.63, 3.8) is 0 Å². The highest BCUT2D eigenvalue weighted by Gasteiger charge is 2.27. The zero-order valence-corrected chi connectivity index (χ0v) is 19.2. The van der Waals surface area contributed by atoms with Gasteiger partial charge in [-0.3, -0.25) is 9.10 Å². The van der Waals surface area contributed by atoms with Gasteiger partial charge in [0.1, 0.15) is 18.1 Å². The average Bonchev–Trinajstić information content (AvgIpc) is 2.77. The van der Waals surface area contributed by atoms with Crippen LogP contribution in [0, 0.1) is 5.82 Å². The molecule has 3 rings (SSSR count). The summed E-state index contributed by atoms with van der Waals surface area (Å²) in [5, 5.41) is 3.50. The number of anilines is 1. The first-order valence-corrected chi connectivity index (χ1v) is 11.5. The first kappa shape index (κ1) is 23.8. The van der Waals surface area contributed by atoms with Gasteiger partial charge in [-0.2, -0.15) is 0 Å². The van der Waals surface area contributed by atoms with Crippen LogP contribution in [-0.4, -0.2) is 28.0 Å². The molecule has 0 heterocycles. The summed E-state index contributed by atoms with van der Waals surface area (Å²) in [5.74, 6) is -0.607. The highest BCUT2D eigenvalue weighted by atomic mass is 35.5. The zero-order valence-electron chi connectivity index (χ0n) is 16.9. The van der Waals surface area contributed by atoms with Crippen LogP contribution in [0.3, 0.4) is 0 Å². The number of methoxy groups -OCH3 is 1. The number of carbonyl (C=O) groups excluding carboxylic acids is 1. The maximum Gasteiger partial charge on any atom is 0.264 e. The summed E-state index contributed by atoms with van der Waals surface area (Å²) in [6.07, 6.45) is 0. The normalized spacial score (nSPS) is 11.1. The van der Waals surface area contributed by atoms with Crippen LogP contribution in [0.25, 0.3) is 0 Å². The van der Waals surface area contributed by atoms with E-state index in [1.165, 1.54) is 19.2 Å². The molecule has 1 amide bonds. The van der Waals surface area contributed by atoms with Crippen molar-refractivity contribution in [2.75, 3.05) is 18.0 Å². The molecular formula is C22H19Cl2FN2O4S. The van der Waals surface area contributed by atoms with Gasteiger partial charge in [-0.05, 0) is 66.2 Å². The lowest BCUT2D eigenvalue weighted by molar-refractivity contribution is -0.119. The second-order valence-electron chi connectivity index (χ2n) is 6.68. The Bertz CT molecular complexity index is 1200. The summed E-state index contributed by atoms with van der Waals surface area (Å²) in [6.45, 7) is -0.418. The van der Waals surface area contributed by atoms with Crippen LogP contribution in [0.15, 0.2) is 71.6 Å². The van der Waals surface area contributed by atoms with E-state index in [4.69, 9.17) is 27.9 Å². The molecule has 0 radical (unpaired) electrons. The van der Waals surface area contributed by atoms with Crippen LogP contribution >= 0.6 is 23.2 Å². The number of amides is 1. The Labute approximate surface area is 195 Å². The maximum atomic E-state index is 13.3. The maximum absolute atomic E-state index is 13.3. The Morgan fingerprint density at radius 1 is 1.03 bits per heavy atom. The molecule has 10 heteroatoms. The van der Waals surface area contributed by atoms with Crippen molar-refractivity contribution in [1.82, 2.24) is 5.32 Å². The third-order valence-electron chi connectivity index (χ3n) is 4.54. The number of nitrogens with one attached hydrogen (secondary N) is 1. The molecule has 0 bridgehead atoms. The molecule has 0 aliphatic carbocycles. The van der Waals surface area contributed by atoms with Crippen LogP contribution in [0.2, 0.25) is 10.0 Å². The van der Waals surface area contributed by atoms with E-state index in [0.717, 1.165) is 28.6 Å². The fourth-order valence-corrected chi connectivity index (χ4v) is 4.74. The van der Waals surface area contributed by atoms with E-state index < -0.39 is 28.3 Å². The van der Waals surface area contributed by atoms with E-state index in [-0.39, 0.29) is 17.1 Å². The van der Waals surface area contributed by atoms with E-state index in [1.54, 1.807) is 30.3 Å². The van der Waals surface area contributed by atoms with E-state index in [1.807, 2.05) is 0 Å². The number of nitrogens with zero attached hydrogens (tertiary/aromatic N) is 1. The van der Waals surface area contributed by atoms with Gasteiger partial charge in [0.05, 0.1) is 17.7 Å². The van der Waals surface area contributed by atoms with Gasteiger partial charge >= 0.3 is 0 Å². The van der Waals surface area contributed by atoms with Gasteiger partial charge in [0.25, 0.3) is 10.0 Å². The largest absolute Gasteiger partial charge is 0.497 e. The molecule has 0 saturated carbocycles. The molecule has 32 heavy (non-hydrogen) atoms. The van der Waals surface area contributed by atoms with Crippen molar-refractivity contribution >= 4 is 44.8 Å². The number of benzene rings is 3. The number of rotatable bonds is 8. The fourth-order valence-electron chi connectivity index (χ4n) is 2.84. The number of hydrogen-bond acceptors (Lipinski definition) is 4. The monoisotopic (exact) mass is 496 g/mol. The molecule has 0 spiro atoms. The van der Waals surface area contributed by atoms with Gasteiger partial charge in [0.15, 0.2) is 0 Å². The van der Waals surface area contributed by atoms with Crippen LogP contribution < -0.4 is 14.4 Å². The Kier molecular flexibility index (Phi) is 7.60. The van der Waals surface area contributed by atoms with Crippen molar-refractivity contribution in [3.8, 4) is 5.75 Å². The van der Waals surface area contributed by atoms with E-state index in [9.17, 15) is 17.6 Å².